The zero-order valence-corrected chi connectivity index (χ0v) is 15.9. The summed E-state index contributed by atoms with van der Waals surface area (Å²) in [6.45, 7) is 1.92. The summed E-state index contributed by atoms with van der Waals surface area (Å²) < 4.78 is 1.84. The SMILES string of the molecule is Cc1nn(-c2ccccn2)c2c1C(Cl)=C(/C=N/NC(=O)c1ccncc1)CC2. The number of hydrogen-bond acceptors (Lipinski definition) is 5. The number of pyridine rings is 2. The number of carbonyl (C=O) groups is 1. The fraction of sp³-hybridized carbons (Fsp3) is 0.150. The topological polar surface area (TPSA) is 85.1 Å². The first-order chi connectivity index (χ1) is 13.6. The van der Waals surface area contributed by atoms with E-state index in [9.17, 15) is 4.79 Å². The number of nitrogens with zero attached hydrogens (tertiary/aromatic N) is 5. The zero-order chi connectivity index (χ0) is 19.5. The minimum Gasteiger partial charge on any atom is -0.267 e. The Kier molecular flexibility index (Phi) is 4.99. The quantitative estimate of drug-likeness (QED) is 0.545. The predicted molar refractivity (Wildman–Crippen MR) is 107 cm³/mol. The molecule has 3 heterocycles. The van der Waals surface area contributed by atoms with Gasteiger partial charge in [0.2, 0.25) is 0 Å². The van der Waals surface area contributed by atoms with E-state index in [2.05, 4.69) is 25.6 Å². The molecule has 1 aliphatic carbocycles. The third-order valence-corrected chi connectivity index (χ3v) is 4.92. The first-order valence-corrected chi connectivity index (χ1v) is 9.15. The molecule has 0 aromatic carbocycles. The van der Waals surface area contributed by atoms with Crippen LogP contribution in [0.1, 0.15) is 33.7 Å². The molecule has 0 saturated carbocycles. The fourth-order valence-electron chi connectivity index (χ4n) is 3.14. The van der Waals surface area contributed by atoms with Gasteiger partial charge < -0.3 is 0 Å². The van der Waals surface area contributed by atoms with Crippen molar-refractivity contribution in [2.24, 2.45) is 5.10 Å². The maximum Gasteiger partial charge on any atom is 0.271 e. The normalized spacial score (nSPS) is 13.6. The van der Waals surface area contributed by atoms with Crippen LogP contribution in [-0.4, -0.2) is 31.9 Å². The van der Waals surface area contributed by atoms with Crippen LogP contribution in [0.2, 0.25) is 0 Å². The number of rotatable bonds is 4. The monoisotopic (exact) mass is 392 g/mol. The first-order valence-electron chi connectivity index (χ1n) is 8.77. The molecule has 28 heavy (non-hydrogen) atoms. The molecule has 0 unspecified atom stereocenters. The van der Waals surface area contributed by atoms with Crippen molar-refractivity contribution in [2.45, 2.75) is 19.8 Å². The van der Waals surface area contributed by atoms with Crippen LogP contribution in [0, 0.1) is 6.92 Å². The minimum atomic E-state index is -0.300. The van der Waals surface area contributed by atoms with E-state index >= 15 is 0 Å². The van der Waals surface area contributed by atoms with Crippen molar-refractivity contribution >= 4 is 28.8 Å². The Morgan fingerprint density at radius 3 is 2.79 bits per heavy atom. The number of allylic oxidation sites excluding steroid dienone is 1. The van der Waals surface area contributed by atoms with Gasteiger partial charge >= 0.3 is 0 Å². The summed E-state index contributed by atoms with van der Waals surface area (Å²) in [6.07, 6.45) is 7.90. The van der Waals surface area contributed by atoms with E-state index in [1.165, 1.54) is 0 Å². The van der Waals surface area contributed by atoms with E-state index in [1.54, 1.807) is 36.9 Å². The molecule has 0 atom stereocenters. The molecule has 3 aromatic rings. The average Bonchev–Trinajstić information content (AvgIpc) is 3.08. The van der Waals surface area contributed by atoms with Crippen LogP contribution in [0.25, 0.3) is 10.9 Å². The van der Waals surface area contributed by atoms with E-state index in [0.29, 0.717) is 17.0 Å². The van der Waals surface area contributed by atoms with Crippen LogP contribution in [-0.2, 0) is 6.42 Å². The van der Waals surface area contributed by atoms with Crippen molar-refractivity contribution in [1.82, 2.24) is 25.2 Å². The molecule has 3 aromatic heterocycles. The van der Waals surface area contributed by atoms with Gasteiger partial charge in [-0.05, 0) is 49.6 Å². The van der Waals surface area contributed by atoms with Gasteiger partial charge in [0, 0.05) is 29.7 Å². The second-order valence-corrected chi connectivity index (χ2v) is 6.66. The smallest absolute Gasteiger partial charge is 0.267 e. The van der Waals surface area contributed by atoms with E-state index in [-0.39, 0.29) is 5.91 Å². The summed E-state index contributed by atoms with van der Waals surface area (Å²) in [4.78, 5) is 20.3. The first kappa shape index (κ1) is 18.1. The molecule has 140 valence electrons. The van der Waals surface area contributed by atoms with Gasteiger partial charge in [0.1, 0.15) is 0 Å². The van der Waals surface area contributed by atoms with Crippen LogP contribution < -0.4 is 5.43 Å². The minimum absolute atomic E-state index is 0.300. The Morgan fingerprint density at radius 2 is 2.04 bits per heavy atom. The van der Waals surface area contributed by atoms with Gasteiger partial charge in [-0.1, -0.05) is 17.7 Å². The highest BCUT2D eigenvalue weighted by Gasteiger charge is 2.25. The second kappa shape index (κ2) is 7.74. The van der Waals surface area contributed by atoms with Crippen molar-refractivity contribution in [2.75, 3.05) is 0 Å². The summed E-state index contributed by atoms with van der Waals surface area (Å²) in [5.74, 6) is 0.462. The third-order valence-electron chi connectivity index (χ3n) is 4.48. The van der Waals surface area contributed by atoms with Gasteiger partial charge in [0.05, 0.1) is 22.6 Å². The van der Waals surface area contributed by atoms with Crippen molar-refractivity contribution in [3.8, 4) is 5.82 Å². The molecule has 4 rings (SSSR count). The van der Waals surface area contributed by atoms with E-state index in [0.717, 1.165) is 34.8 Å². The van der Waals surface area contributed by atoms with E-state index in [1.807, 2.05) is 29.8 Å². The molecule has 0 radical (unpaired) electrons. The maximum atomic E-state index is 12.1. The second-order valence-electron chi connectivity index (χ2n) is 6.28. The molecule has 1 N–H and O–H groups in total. The van der Waals surface area contributed by atoms with E-state index < -0.39 is 0 Å². The van der Waals surface area contributed by atoms with Gasteiger partial charge in [-0.2, -0.15) is 10.2 Å². The lowest BCUT2D eigenvalue weighted by atomic mass is 9.96. The molecule has 8 heteroatoms. The van der Waals surface area contributed by atoms with Crippen molar-refractivity contribution in [3.05, 3.63) is 77.0 Å². The summed E-state index contributed by atoms with van der Waals surface area (Å²) >= 11 is 6.65. The highest BCUT2D eigenvalue weighted by molar-refractivity contribution is 6.51. The molecule has 0 saturated heterocycles. The van der Waals surface area contributed by atoms with Crippen LogP contribution in [0.4, 0.5) is 0 Å². The Balaban J connectivity index is 1.58. The number of aromatic nitrogens is 4. The fourth-order valence-corrected chi connectivity index (χ4v) is 3.53. The molecule has 1 amide bonds. The zero-order valence-electron chi connectivity index (χ0n) is 15.1. The Bertz CT molecular complexity index is 1070. The van der Waals surface area contributed by atoms with Gasteiger partial charge in [0.25, 0.3) is 5.91 Å². The lowest BCUT2D eigenvalue weighted by Gasteiger charge is -2.16. The lowest BCUT2D eigenvalue weighted by Crippen LogP contribution is -2.18. The largest absolute Gasteiger partial charge is 0.271 e. The molecule has 0 spiro atoms. The van der Waals surface area contributed by atoms with Crippen LogP contribution in [0.15, 0.2) is 59.6 Å². The van der Waals surface area contributed by atoms with Crippen molar-refractivity contribution in [3.63, 3.8) is 0 Å². The summed E-state index contributed by atoms with van der Waals surface area (Å²) in [5, 5.41) is 9.27. The van der Waals surface area contributed by atoms with Gasteiger partial charge in [-0.25, -0.2) is 15.1 Å². The predicted octanol–water partition coefficient (Wildman–Crippen LogP) is 3.28. The standard InChI is InChI=1S/C20H17ClN6O/c1-13-18-16(27(26-13)17-4-2-3-9-23-17)6-5-15(19(18)21)12-24-25-20(28)14-7-10-22-11-8-14/h2-4,7-12H,5-6H2,1H3,(H,25,28)/b24-12+. The average molecular weight is 393 g/mol. The number of nitrogens with one attached hydrogen (secondary N) is 1. The summed E-state index contributed by atoms with van der Waals surface area (Å²) in [6, 6.07) is 8.96. The van der Waals surface area contributed by atoms with Crippen molar-refractivity contribution in [1.29, 1.82) is 0 Å². The van der Waals surface area contributed by atoms with Gasteiger partial charge in [-0.15, -0.1) is 0 Å². The third kappa shape index (κ3) is 3.44. The van der Waals surface area contributed by atoms with Crippen LogP contribution in [0.5, 0.6) is 0 Å². The number of carbonyl (C=O) groups excluding carboxylic acids is 1. The highest BCUT2D eigenvalue weighted by atomic mass is 35.5. The molecule has 0 fully saturated rings. The molecule has 7 nitrogen and oxygen atoms in total. The molecule has 0 aliphatic heterocycles. The Hall–Kier alpha value is -3.32. The lowest BCUT2D eigenvalue weighted by molar-refractivity contribution is 0.0955. The highest BCUT2D eigenvalue weighted by Crippen LogP contribution is 2.36. The summed E-state index contributed by atoms with van der Waals surface area (Å²) in [7, 11) is 0. The molecular weight excluding hydrogens is 376 g/mol. The molecule has 0 bridgehead atoms. The molecule has 1 aliphatic rings. The number of hydrazone groups is 1. The maximum absolute atomic E-state index is 12.1. The Morgan fingerprint density at radius 1 is 1.21 bits per heavy atom. The van der Waals surface area contributed by atoms with Crippen molar-refractivity contribution < 1.29 is 4.79 Å². The van der Waals surface area contributed by atoms with E-state index in [4.69, 9.17) is 11.6 Å². The molecular formula is C20H17ClN6O. The summed E-state index contributed by atoms with van der Waals surface area (Å²) in [5.41, 5.74) is 6.62. The number of aryl methyl sites for hydroxylation is 1. The number of hydrogen-bond donors (Lipinski definition) is 1. The Labute approximate surface area is 166 Å². The van der Waals surface area contributed by atoms with Gasteiger partial charge in [-0.3, -0.25) is 9.78 Å². The number of fused-ring (bicyclic) bond motifs is 1. The van der Waals surface area contributed by atoms with Crippen LogP contribution in [0.3, 0.4) is 0 Å². The van der Waals surface area contributed by atoms with Gasteiger partial charge in [0.15, 0.2) is 5.82 Å². The van der Waals surface area contributed by atoms with Crippen LogP contribution >= 0.6 is 11.6 Å². The number of halogens is 1. The number of amides is 1.